The van der Waals surface area contributed by atoms with Gasteiger partial charge in [0.2, 0.25) is 5.91 Å². The number of nitrogens with zero attached hydrogens (tertiary/aromatic N) is 1. The maximum absolute atomic E-state index is 12.9. The molecule has 1 aliphatic rings. The van der Waals surface area contributed by atoms with Crippen LogP contribution in [0.15, 0.2) is 18.2 Å². The van der Waals surface area contributed by atoms with Gasteiger partial charge in [-0.15, -0.1) is 11.8 Å². The largest absolute Gasteiger partial charge is 0.325 e. The van der Waals surface area contributed by atoms with Crippen LogP contribution >= 0.6 is 35.0 Å². The number of benzene rings is 1. The molecular weight excluding hydrogens is 337 g/mol. The number of halogens is 2. The van der Waals surface area contributed by atoms with Gasteiger partial charge in [-0.2, -0.15) is 0 Å². The lowest BCUT2D eigenvalue weighted by atomic mass is 9.97. The van der Waals surface area contributed by atoms with E-state index in [-0.39, 0.29) is 17.2 Å². The van der Waals surface area contributed by atoms with Crippen LogP contribution in [0.4, 0.5) is 0 Å². The fourth-order valence-electron chi connectivity index (χ4n) is 2.85. The first-order valence-corrected chi connectivity index (χ1v) is 9.76. The highest BCUT2D eigenvalue weighted by molar-refractivity contribution is 7.99. The maximum Gasteiger partial charge on any atom is 0.226 e. The summed E-state index contributed by atoms with van der Waals surface area (Å²) in [5.41, 5.74) is 0.954. The van der Waals surface area contributed by atoms with E-state index in [1.54, 1.807) is 17.8 Å². The van der Waals surface area contributed by atoms with Gasteiger partial charge in [0.25, 0.3) is 0 Å². The van der Waals surface area contributed by atoms with Crippen molar-refractivity contribution < 1.29 is 4.79 Å². The number of amides is 1. The molecule has 2 nitrogen and oxygen atoms in total. The fraction of sp³-hybridized carbons (Fsp3) is 0.588. The number of hydrogen-bond acceptors (Lipinski definition) is 2. The molecule has 0 unspecified atom stereocenters. The predicted octanol–water partition coefficient (Wildman–Crippen LogP) is 5.78. The van der Waals surface area contributed by atoms with Crippen molar-refractivity contribution in [1.29, 1.82) is 0 Å². The Morgan fingerprint density at radius 2 is 2.18 bits per heavy atom. The molecule has 0 aliphatic carbocycles. The molecule has 5 heteroatoms. The first-order valence-electron chi connectivity index (χ1n) is 7.96. The molecule has 0 spiro atoms. The zero-order valence-corrected chi connectivity index (χ0v) is 15.5. The van der Waals surface area contributed by atoms with E-state index < -0.39 is 0 Å². The smallest absolute Gasteiger partial charge is 0.226 e. The van der Waals surface area contributed by atoms with E-state index in [9.17, 15) is 4.79 Å². The van der Waals surface area contributed by atoms with Gasteiger partial charge in [0.1, 0.15) is 5.37 Å². The highest BCUT2D eigenvalue weighted by atomic mass is 35.5. The summed E-state index contributed by atoms with van der Waals surface area (Å²) in [6.45, 7) is 5.06. The molecule has 2 atom stereocenters. The van der Waals surface area contributed by atoms with Crippen molar-refractivity contribution in [3.8, 4) is 0 Å². The van der Waals surface area contributed by atoms with Gasteiger partial charge >= 0.3 is 0 Å². The Hall–Kier alpha value is -0.380. The molecular formula is C17H23Cl2NOS. The van der Waals surface area contributed by atoms with Crippen LogP contribution in [0.5, 0.6) is 0 Å². The second-order valence-corrected chi connectivity index (χ2v) is 7.62. The Labute approximate surface area is 147 Å². The standard InChI is InChI=1S/C17H23Cl2NOS/c1-3-5-7-12(4-2)16(21)20-10-11-22-17(20)13-8-6-9-14(18)15(13)19/h6,8-9,12,17H,3-5,7,10-11H2,1-2H3/t12-,17+/m0/s1. The van der Waals surface area contributed by atoms with E-state index in [0.29, 0.717) is 10.0 Å². The van der Waals surface area contributed by atoms with E-state index >= 15 is 0 Å². The molecule has 1 aromatic carbocycles. The van der Waals surface area contributed by atoms with Gasteiger partial charge in [0, 0.05) is 23.8 Å². The Balaban J connectivity index is 2.19. The molecule has 1 aromatic rings. The van der Waals surface area contributed by atoms with Crippen LogP contribution in [0, 0.1) is 5.92 Å². The van der Waals surface area contributed by atoms with Gasteiger partial charge in [-0.3, -0.25) is 4.79 Å². The monoisotopic (exact) mass is 359 g/mol. The minimum atomic E-state index is -0.00521. The minimum absolute atomic E-state index is 0.00521. The molecule has 1 saturated heterocycles. The van der Waals surface area contributed by atoms with Gasteiger partial charge in [0.15, 0.2) is 0 Å². The van der Waals surface area contributed by atoms with E-state index in [1.807, 2.05) is 17.0 Å². The molecule has 1 heterocycles. The Morgan fingerprint density at radius 1 is 1.41 bits per heavy atom. The molecule has 1 aliphatic heterocycles. The Morgan fingerprint density at radius 3 is 2.86 bits per heavy atom. The zero-order chi connectivity index (χ0) is 16.1. The number of unbranched alkanes of at least 4 members (excludes halogenated alkanes) is 1. The molecule has 0 bridgehead atoms. The van der Waals surface area contributed by atoms with E-state index in [0.717, 1.165) is 43.5 Å². The quantitative estimate of drug-likeness (QED) is 0.640. The lowest BCUT2D eigenvalue weighted by Gasteiger charge is -2.28. The van der Waals surface area contributed by atoms with Crippen LogP contribution in [0.1, 0.15) is 50.5 Å². The number of carbonyl (C=O) groups excluding carboxylic acids is 1. The summed E-state index contributed by atoms with van der Waals surface area (Å²) in [4.78, 5) is 14.9. The number of thioether (sulfide) groups is 1. The van der Waals surface area contributed by atoms with Crippen molar-refractivity contribution in [2.75, 3.05) is 12.3 Å². The molecule has 22 heavy (non-hydrogen) atoms. The first kappa shape index (κ1) is 18.0. The lowest BCUT2D eigenvalue weighted by Crippen LogP contribution is -2.35. The molecule has 122 valence electrons. The normalized spacial score (nSPS) is 19.5. The highest BCUT2D eigenvalue weighted by Gasteiger charge is 2.34. The Kier molecular flexibility index (Phi) is 6.91. The van der Waals surface area contributed by atoms with Crippen molar-refractivity contribution in [3.05, 3.63) is 33.8 Å². The van der Waals surface area contributed by atoms with Gasteiger partial charge in [-0.05, 0) is 18.9 Å². The summed E-state index contributed by atoms with van der Waals surface area (Å²) in [5, 5.41) is 1.12. The van der Waals surface area contributed by atoms with Gasteiger partial charge in [0.05, 0.1) is 10.0 Å². The average Bonchev–Trinajstić information content (AvgIpc) is 2.99. The second kappa shape index (κ2) is 8.47. The summed E-state index contributed by atoms with van der Waals surface area (Å²) < 4.78 is 0. The molecule has 1 amide bonds. The number of rotatable bonds is 6. The van der Waals surface area contributed by atoms with Crippen molar-refractivity contribution in [3.63, 3.8) is 0 Å². The second-order valence-electron chi connectivity index (χ2n) is 5.65. The van der Waals surface area contributed by atoms with Crippen molar-refractivity contribution in [2.45, 2.75) is 44.9 Å². The fourth-order valence-corrected chi connectivity index (χ4v) is 4.62. The van der Waals surface area contributed by atoms with Crippen molar-refractivity contribution >= 4 is 40.9 Å². The van der Waals surface area contributed by atoms with E-state index in [1.165, 1.54) is 0 Å². The van der Waals surface area contributed by atoms with Crippen LogP contribution in [0.2, 0.25) is 10.0 Å². The van der Waals surface area contributed by atoms with Gasteiger partial charge in [-0.25, -0.2) is 0 Å². The van der Waals surface area contributed by atoms with Crippen molar-refractivity contribution in [2.24, 2.45) is 5.92 Å². The Bertz CT molecular complexity index is 523. The lowest BCUT2D eigenvalue weighted by molar-refractivity contribution is -0.136. The molecule has 0 N–H and O–H groups in total. The van der Waals surface area contributed by atoms with E-state index in [4.69, 9.17) is 23.2 Å². The third-order valence-corrected chi connectivity index (χ3v) is 6.25. The third-order valence-electron chi connectivity index (χ3n) is 4.17. The number of carbonyl (C=O) groups is 1. The highest BCUT2D eigenvalue weighted by Crippen LogP contribution is 2.43. The average molecular weight is 360 g/mol. The summed E-state index contributed by atoms with van der Waals surface area (Å²) in [7, 11) is 0. The summed E-state index contributed by atoms with van der Waals surface area (Å²) in [5.74, 6) is 1.34. The third kappa shape index (κ3) is 3.93. The SMILES string of the molecule is CCCC[C@H](CC)C(=O)N1CCS[C@@H]1c1cccc(Cl)c1Cl. The summed E-state index contributed by atoms with van der Waals surface area (Å²) in [6.07, 6.45) is 4.11. The summed E-state index contributed by atoms with van der Waals surface area (Å²) >= 11 is 14.3. The predicted molar refractivity (Wildman–Crippen MR) is 96.7 cm³/mol. The minimum Gasteiger partial charge on any atom is -0.325 e. The molecule has 2 rings (SSSR count). The maximum atomic E-state index is 12.9. The topological polar surface area (TPSA) is 20.3 Å². The molecule has 0 radical (unpaired) electrons. The zero-order valence-electron chi connectivity index (χ0n) is 13.1. The number of hydrogen-bond donors (Lipinski definition) is 0. The summed E-state index contributed by atoms with van der Waals surface area (Å²) in [6, 6.07) is 5.67. The van der Waals surface area contributed by atoms with Crippen molar-refractivity contribution in [1.82, 2.24) is 4.90 Å². The van der Waals surface area contributed by atoms with Gasteiger partial charge in [-0.1, -0.05) is 62.0 Å². The van der Waals surface area contributed by atoms with Crippen LogP contribution in [0.3, 0.4) is 0 Å². The molecule has 1 fully saturated rings. The molecule has 0 saturated carbocycles. The van der Waals surface area contributed by atoms with Crippen LogP contribution in [-0.4, -0.2) is 23.1 Å². The first-order chi connectivity index (χ1) is 10.6. The molecule has 0 aromatic heterocycles. The van der Waals surface area contributed by atoms with Crippen LogP contribution < -0.4 is 0 Å². The van der Waals surface area contributed by atoms with E-state index in [2.05, 4.69) is 13.8 Å². The van der Waals surface area contributed by atoms with Crippen LogP contribution in [0.25, 0.3) is 0 Å². The van der Waals surface area contributed by atoms with Crippen LogP contribution in [-0.2, 0) is 4.79 Å². The van der Waals surface area contributed by atoms with Gasteiger partial charge < -0.3 is 4.90 Å².